The van der Waals surface area contributed by atoms with Gasteiger partial charge in [-0.3, -0.25) is 0 Å². The second-order valence-corrected chi connectivity index (χ2v) is 8.15. The first-order valence-corrected chi connectivity index (χ1v) is 8.90. The third kappa shape index (κ3) is 4.62. The number of hydrogen-bond donors (Lipinski definition) is 1. The van der Waals surface area contributed by atoms with Crippen LogP contribution in [-0.2, 0) is 9.84 Å². The second kappa shape index (κ2) is 5.63. The minimum atomic E-state index is -2.86. The number of hydrogen-bond acceptors (Lipinski definition) is 3. The Labute approximate surface area is 116 Å². The monoisotopic (exact) mass is 281 g/mol. The average molecular weight is 281 g/mol. The van der Waals surface area contributed by atoms with Crippen LogP contribution in [0, 0.1) is 5.41 Å². The number of rotatable bonds is 7. The first-order valence-electron chi connectivity index (χ1n) is 6.84. The Morgan fingerprint density at radius 3 is 2.42 bits per heavy atom. The van der Waals surface area contributed by atoms with Gasteiger partial charge >= 0.3 is 0 Å². The smallest absolute Gasteiger partial charge is 0.148 e. The van der Waals surface area contributed by atoms with Crippen LogP contribution in [0.5, 0.6) is 0 Å². The van der Waals surface area contributed by atoms with Crippen molar-refractivity contribution in [1.29, 1.82) is 0 Å². The van der Waals surface area contributed by atoms with Crippen molar-refractivity contribution in [2.75, 3.05) is 25.1 Å². The fourth-order valence-corrected chi connectivity index (χ4v) is 4.06. The van der Waals surface area contributed by atoms with E-state index in [2.05, 4.69) is 36.5 Å². The zero-order valence-corrected chi connectivity index (χ0v) is 12.5. The zero-order chi connectivity index (χ0) is 13.9. The summed E-state index contributed by atoms with van der Waals surface area (Å²) in [6, 6.07) is 10.4. The van der Waals surface area contributed by atoms with Gasteiger partial charge in [0.1, 0.15) is 9.84 Å². The quantitative estimate of drug-likeness (QED) is 0.833. The molecule has 106 valence electrons. The van der Waals surface area contributed by atoms with Crippen molar-refractivity contribution < 1.29 is 8.42 Å². The van der Waals surface area contributed by atoms with Gasteiger partial charge in [0, 0.05) is 19.3 Å². The van der Waals surface area contributed by atoms with Gasteiger partial charge < -0.3 is 5.32 Å². The Morgan fingerprint density at radius 1 is 1.26 bits per heavy atom. The van der Waals surface area contributed by atoms with Gasteiger partial charge in [0.2, 0.25) is 0 Å². The molecule has 4 heteroatoms. The van der Waals surface area contributed by atoms with Crippen molar-refractivity contribution in [3.8, 4) is 0 Å². The molecule has 0 bridgehead atoms. The highest BCUT2D eigenvalue weighted by molar-refractivity contribution is 7.90. The van der Waals surface area contributed by atoms with Crippen LogP contribution in [0.2, 0.25) is 0 Å². The Kier molecular flexibility index (Phi) is 4.31. The molecule has 1 aliphatic carbocycles. The van der Waals surface area contributed by atoms with E-state index in [1.54, 1.807) is 0 Å². The molecule has 0 heterocycles. The minimum absolute atomic E-state index is 0.0178. The molecule has 0 saturated heterocycles. The molecule has 0 radical (unpaired) electrons. The molecule has 19 heavy (non-hydrogen) atoms. The summed E-state index contributed by atoms with van der Waals surface area (Å²) in [6.45, 7) is 3.91. The topological polar surface area (TPSA) is 46.2 Å². The van der Waals surface area contributed by atoms with Crippen molar-refractivity contribution in [3.05, 3.63) is 35.9 Å². The van der Waals surface area contributed by atoms with Gasteiger partial charge in [-0.2, -0.15) is 0 Å². The molecule has 1 aromatic carbocycles. The van der Waals surface area contributed by atoms with Crippen LogP contribution in [0.3, 0.4) is 0 Å². The Balaban J connectivity index is 1.78. The van der Waals surface area contributed by atoms with E-state index in [1.807, 2.05) is 6.07 Å². The third-order valence-electron chi connectivity index (χ3n) is 3.84. The standard InChI is InChI=1S/C15H23NO2S/c1-13(14-6-4-3-5-7-14)10-16-11-15(8-9-15)12-19(2,17)18/h3-7,13,16H,8-12H2,1-2H3/t13-/m0/s1. The summed E-state index contributed by atoms with van der Waals surface area (Å²) >= 11 is 0. The molecular formula is C15H23NO2S. The summed E-state index contributed by atoms with van der Waals surface area (Å²) in [5.41, 5.74) is 1.34. The molecule has 3 nitrogen and oxygen atoms in total. The van der Waals surface area contributed by atoms with E-state index < -0.39 is 9.84 Å². The van der Waals surface area contributed by atoms with Crippen LogP contribution in [0.15, 0.2) is 30.3 Å². The van der Waals surface area contributed by atoms with Crippen LogP contribution in [0.1, 0.15) is 31.2 Å². The van der Waals surface area contributed by atoms with Gasteiger partial charge in [0.05, 0.1) is 5.75 Å². The van der Waals surface area contributed by atoms with E-state index in [0.29, 0.717) is 11.7 Å². The molecule has 1 atom stereocenters. The maximum Gasteiger partial charge on any atom is 0.148 e. The first kappa shape index (κ1) is 14.5. The Morgan fingerprint density at radius 2 is 1.89 bits per heavy atom. The van der Waals surface area contributed by atoms with E-state index in [4.69, 9.17) is 0 Å². The Hall–Kier alpha value is -0.870. The van der Waals surface area contributed by atoms with E-state index >= 15 is 0 Å². The fraction of sp³-hybridized carbons (Fsp3) is 0.600. The summed E-state index contributed by atoms with van der Waals surface area (Å²) in [5.74, 6) is 0.780. The van der Waals surface area contributed by atoms with Gasteiger partial charge in [-0.1, -0.05) is 37.3 Å². The first-order chi connectivity index (χ1) is 8.90. The minimum Gasteiger partial charge on any atom is -0.316 e. The number of nitrogens with one attached hydrogen (secondary N) is 1. The van der Waals surface area contributed by atoms with Gasteiger partial charge in [0.25, 0.3) is 0 Å². The lowest BCUT2D eigenvalue weighted by molar-refractivity contribution is 0.480. The fourth-order valence-electron chi connectivity index (χ4n) is 2.56. The molecule has 1 aromatic rings. The summed E-state index contributed by atoms with van der Waals surface area (Å²) < 4.78 is 22.8. The van der Waals surface area contributed by atoms with E-state index in [-0.39, 0.29) is 5.41 Å². The van der Waals surface area contributed by atoms with Crippen molar-refractivity contribution in [2.45, 2.75) is 25.7 Å². The Bertz CT molecular complexity index is 506. The molecule has 2 rings (SSSR count). The molecule has 0 unspecified atom stereocenters. The van der Waals surface area contributed by atoms with Crippen molar-refractivity contribution in [1.82, 2.24) is 5.32 Å². The van der Waals surface area contributed by atoms with Crippen molar-refractivity contribution in [3.63, 3.8) is 0 Å². The average Bonchev–Trinajstić information content (AvgIpc) is 3.07. The lowest BCUT2D eigenvalue weighted by atomic mass is 10.0. The number of benzene rings is 1. The molecular weight excluding hydrogens is 258 g/mol. The molecule has 0 spiro atoms. The highest BCUT2D eigenvalue weighted by atomic mass is 32.2. The highest BCUT2D eigenvalue weighted by Crippen LogP contribution is 2.46. The molecule has 1 saturated carbocycles. The number of sulfone groups is 1. The van der Waals surface area contributed by atoms with Gasteiger partial charge in [-0.25, -0.2) is 8.42 Å². The summed E-state index contributed by atoms with van der Waals surface area (Å²) in [7, 11) is -2.86. The van der Waals surface area contributed by atoms with Crippen molar-refractivity contribution in [2.24, 2.45) is 5.41 Å². The van der Waals surface area contributed by atoms with Gasteiger partial charge in [-0.05, 0) is 29.7 Å². The van der Waals surface area contributed by atoms with E-state index in [9.17, 15) is 8.42 Å². The summed E-state index contributed by atoms with van der Waals surface area (Å²) in [6.07, 6.45) is 3.40. The molecule has 0 aliphatic heterocycles. The predicted molar refractivity (Wildman–Crippen MR) is 79.1 cm³/mol. The normalized spacial score (nSPS) is 19.1. The summed E-state index contributed by atoms with van der Waals surface area (Å²) in [4.78, 5) is 0. The van der Waals surface area contributed by atoms with Crippen LogP contribution >= 0.6 is 0 Å². The van der Waals surface area contributed by atoms with Gasteiger partial charge in [0.15, 0.2) is 0 Å². The highest BCUT2D eigenvalue weighted by Gasteiger charge is 2.44. The van der Waals surface area contributed by atoms with Gasteiger partial charge in [-0.15, -0.1) is 0 Å². The van der Waals surface area contributed by atoms with Crippen LogP contribution in [0.25, 0.3) is 0 Å². The third-order valence-corrected chi connectivity index (χ3v) is 4.98. The SMILES string of the molecule is C[C@@H](CNCC1(CS(C)(=O)=O)CC1)c1ccccc1. The molecule has 0 aromatic heterocycles. The molecule has 1 aliphatic rings. The van der Waals surface area contributed by atoms with Crippen LogP contribution in [0.4, 0.5) is 0 Å². The molecule has 1 fully saturated rings. The zero-order valence-electron chi connectivity index (χ0n) is 11.7. The van der Waals surface area contributed by atoms with E-state index in [1.165, 1.54) is 11.8 Å². The maximum atomic E-state index is 11.4. The lowest BCUT2D eigenvalue weighted by Crippen LogP contribution is -2.31. The largest absolute Gasteiger partial charge is 0.316 e. The molecule has 1 N–H and O–H groups in total. The second-order valence-electron chi connectivity index (χ2n) is 6.01. The lowest BCUT2D eigenvalue weighted by Gasteiger charge is -2.18. The molecule has 0 amide bonds. The summed E-state index contributed by atoms with van der Waals surface area (Å²) in [5, 5.41) is 3.44. The van der Waals surface area contributed by atoms with Crippen LogP contribution < -0.4 is 5.32 Å². The van der Waals surface area contributed by atoms with E-state index in [0.717, 1.165) is 25.9 Å². The van der Waals surface area contributed by atoms with Crippen LogP contribution in [-0.4, -0.2) is 33.5 Å². The maximum absolute atomic E-state index is 11.4. The van der Waals surface area contributed by atoms with Crippen molar-refractivity contribution >= 4 is 9.84 Å². The predicted octanol–water partition coefficient (Wildman–Crippen LogP) is 2.20.